The van der Waals surface area contributed by atoms with Gasteiger partial charge in [0.05, 0.1) is 12.5 Å². The van der Waals surface area contributed by atoms with Crippen LogP contribution in [0.25, 0.3) is 0 Å². The van der Waals surface area contributed by atoms with E-state index in [0.29, 0.717) is 5.75 Å². The van der Waals surface area contributed by atoms with Crippen LogP contribution in [0.1, 0.15) is 10.4 Å². The van der Waals surface area contributed by atoms with Gasteiger partial charge in [-0.05, 0) is 23.0 Å². The van der Waals surface area contributed by atoms with E-state index >= 15 is 0 Å². The highest BCUT2D eigenvalue weighted by atomic mass is 32.2. The van der Waals surface area contributed by atoms with Gasteiger partial charge in [-0.15, -0.1) is 12.6 Å². The zero-order valence-corrected chi connectivity index (χ0v) is 9.49. The molecule has 0 amide bonds. The molecule has 1 aromatic rings. The number of Topliss-reactive ketones (excluding diaryl/α,β-unsaturated/α-hetero) is 1. The Kier molecular flexibility index (Phi) is 3.88. The molecule has 13 heavy (non-hydrogen) atoms. The van der Waals surface area contributed by atoms with Crippen molar-refractivity contribution in [3.05, 3.63) is 29.8 Å². The molecule has 0 unspecified atom stereocenters. The molecule has 0 radical (unpaired) electrons. The average Bonchev–Trinajstić information content (AvgIpc) is 2.03. The van der Waals surface area contributed by atoms with Crippen molar-refractivity contribution >= 4 is 29.3 Å². The summed E-state index contributed by atoms with van der Waals surface area (Å²) in [5, 5.41) is 0. The summed E-state index contributed by atoms with van der Waals surface area (Å²) < 4.78 is 0. The van der Waals surface area contributed by atoms with Gasteiger partial charge in [-0.1, -0.05) is 12.1 Å². The Balaban J connectivity index is 2.77. The van der Waals surface area contributed by atoms with E-state index in [1.54, 1.807) is 0 Å². The molecule has 0 aromatic heterocycles. The number of thiol groups is 1. The van der Waals surface area contributed by atoms with E-state index < -0.39 is 0 Å². The van der Waals surface area contributed by atoms with Crippen molar-refractivity contribution in [1.82, 2.24) is 0 Å². The van der Waals surface area contributed by atoms with Gasteiger partial charge in [0.15, 0.2) is 5.75 Å². The lowest BCUT2D eigenvalue weighted by atomic mass is 10.1. The maximum absolute atomic E-state index is 11.6. The molecular weight excluding hydrogens is 200 g/mol. The first-order chi connectivity index (χ1) is 6.09. The van der Waals surface area contributed by atoms with Crippen LogP contribution in [0.5, 0.6) is 0 Å². The summed E-state index contributed by atoms with van der Waals surface area (Å²) in [6.45, 7) is 0. The molecule has 0 N–H and O–H groups in total. The van der Waals surface area contributed by atoms with Crippen molar-refractivity contribution in [3.63, 3.8) is 0 Å². The summed E-state index contributed by atoms with van der Waals surface area (Å²) in [6.07, 6.45) is 4.14. The summed E-state index contributed by atoms with van der Waals surface area (Å²) in [6, 6.07) is 7.39. The number of carbonyl (C=O) groups is 1. The van der Waals surface area contributed by atoms with Gasteiger partial charge in [0.25, 0.3) is 0 Å². The van der Waals surface area contributed by atoms with Crippen LogP contribution in [-0.4, -0.2) is 24.0 Å². The predicted octanol–water partition coefficient (Wildman–Crippen LogP) is 2.04. The van der Waals surface area contributed by atoms with Gasteiger partial charge in [-0.3, -0.25) is 4.79 Å². The minimum atomic E-state index is 0.173. The molecule has 0 atom stereocenters. The van der Waals surface area contributed by atoms with Crippen LogP contribution in [-0.2, 0) is 10.9 Å². The van der Waals surface area contributed by atoms with Crippen molar-refractivity contribution in [3.8, 4) is 0 Å². The molecule has 0 fully saturated rings. The fraction of sp³-hybridized carbons (Fsp3) is 0.300. The molecule has 0 saturated carbocycles. The smallest absolute Gasteiger partial charge is 0.211 e. The van der Waals surface area contributed by atoms with E-state index in [1.807, 2.05) is 24.3 Å². The molecule has 0 aliphatic heterocycles. The molecule has 1 aromatic carbocycles. The minimum Gasteiger partial charge on any atom is -0.289 e. The monoisotopic (exact) mass is 213 g/mol. The van der Waals surface area contributed by atoms with Crippen LogP contribution in [0, 0.1) is 0 Å². The minimum absolute atomic E-state index is 0.173. The van der Waals surface area contributed by atoms with E-state index in [1.165, 1.54) is 0 Å². The zero-order chi connectivity index (χ0) is 9.84. The lowest BCUT2D eigenvalue weighted by Gasteiger charge is -1.99. The molecule has 0 saturated heterocycles. The number of rotatable bonds is 3. The zero-order valence-electron chi connectivity index (χ0n) is 7.78. The van der Waals surface area contributed by atoms with Crippen molar-refractivity contribution in [2.45, 2.75) is 4.90 Å². The summed E-state index contributed by atoms with van der Waals surface area (Å²) in [5.41, 5.74) is 0.772. The number of ketones is 1. The fourth-order valence-corrected chi connectivity index (χ4v) is 1.94. The second-order valence-electron chi connectivity index (χ2n) is 3.10. The van der Waals surface area contributed by atoms with E-state index in [4.69, 9.17) is 0 Å². The molecule has 1 nitrogen and oxygen atoms in total. The van der Waals surface area contributed by atoms with Gasteiger partial charge < -0.3 is 0 Å². The first-order valence-electron chi connectivity index (χ1n) is 3.96. The maximum atomic E-state index is 11.6. The van der Waals surface area contributed by atoms with Gasteiger partial charge >= 0.3 is 0 Å². The highest BCUT2D eigenvalue weighted by molar-refractivity contribution is 7.96. The SMILES string of the molecule is C[S+](C)CC(=O)c1cccc(S)c1. The van der Waals surface area contributed by atoms with E-state index in [0.717, 1.165) is 10.5 Å². The molecule has 0 bridgehead atoms. The van der Waals surface area contributed by atoms with Gasteiger partial charge in [-0.25, -0.2) is 0 Å². The molecule has 0 spiro atoms. The summed E-state index contributed by atoms with van der Waals surface area (Å²) in [7, 11) is 0.173. The molecule has 3 heteroatoms. The van der Waals surface area contributed by atoms with E-state index in [9.17, 15) is 4.79 Å². The first kappa shape index (κ1) is 10.7. The molecule has 1 rings (SSSR count). The van der Waals surface area contributed by atoms with Crippen LogP contribution < -0.4 is 0 Å². The Labute approximate surface area is 87.3 Å². The normalized spacial score (nSPS) is 10.5. The van der Waals surface area contributed by atoms with E-state index in [-0.39, 0.29) is 16.7 Å². The highest BCUT2D eigenvalue weighted by Crippen LogP contribution is 2.10. The average molecular weight is 213 g/mol. The van der Waals surface area contributed by atoms with Crippen LogP contribution in [0.15, 0.2) is 29.2 Å². The second kappa shape index (κ2) is 4.72. The highest BCUT2D eigenvalue weighted by Gasteiger charge is 2.13. The Morgan fingerprint density at radius 2 is 2.15 bits per heavy atom. The van der Waals surface area contributed by atoms with Crippen LogP contribution >= 0.6 is 12.6 Å². The Morgan fingerprint density at radius 1 is 1.46 bits per heavy atom. The van der Waals surface area contributed by atoms with Gasteiger partial charge in [0.1, 0.15) is 0 Å². The molecular formula is C10H13OS2+. The Hall–Kier alpha value is -0.410. The third-order valence-electron chi connectivity index (χ3n) is 1.59. The first-order valence-corrected chi connectivity index (χ1v) is 6.62. The summed E-state index contributed by atoms with van der Waals surface area (Å²) in [4.78, 5) is 12.4. The number of hydrogen-bond acceptors (Lipinski definition) is 2. The number of carbonyl (C=O) groups excluding carboxylic acids is 1. The predicted molar refractivity (Wildman–Crippen MR) is 62.1 cm³/mol. The van der Waals surface area contributed by atoms with Crippen LogP contribution in [0.2, 0.25) is 0 Å². The molecule has 70 valence electrons. The third kappa shape index (κ3) is 3.44. The van der Waals surface area contributed by atoms with Crippen molar-refractivity contribution < 1.29 is 4.79 Å². The fourth-order valence-electron chi connectivity index (χ4n) is 1.02. The Morgan fingerprint density at radius 3 is 2.69 bits per heavy atom. The van der Waals surface area contributed by atoms with Crippen molar-refractivity contribution in [2.75, 3.05) is 18.3 Å². The summed E-state index contributed by atoms with van der Waals surface area (Å²) in [5.74, 6) is 0.848. The number of benzene rings is 1. The van der Waals surface area contributed by atoms with Crippen molar-refractivity contribution in [2.24, 2.45) is 0 Å². The van der Waals surface area contributed by atoms with Gasteiger partial charge in [0, 0.05) is 10.5 Å². The third-order valence-corrected chi connectivity index (χ3v) is 2.71. The summed E-state index contributed by atoms with van der Waals surface area (Å²) >= 11 is 4.19. The van der Waals surface area contributed by atoms with Gasteiger partial charge in [0.2, 0.25) is 5.78 Å². The van der Waals surface area contributed by atoms with Crippen LogP contribution in [0.3, 0.4) is 0 Å². The topological polar surface area (TPSA) is 17.1 Å². The standard InChI is InChI=1S/C10H12OS2/c1-13(2)7-10(11)8-4-3-5-9(12)6-8/h3-6H,7H2,1-2H3/p+1. The maximum Gasteiger partial charge on any atom is 0.211 e. The van der Waals surface area contributed by atoms with Crippen LogP contribution in [0.4, 0.5) is 0 Å². The molecule has 0 heterocycles. The largest absolute Gasteiger partial charge is 0.289 e. The lowest BCUT2D eigenvalue weighted by molar-refractivity contribution is 0.102. The van der Waals surface area contributed by atoms with E-state index in [2.05, 4.69) is 25.1 Å². The quantitative estimate of drug-likeness (QED) is 0.462. The van der Waals surface area contributed by atoms with Gasteiger partial charge in [-0.2, -0.15) is 0 Å². The second-order valence-corrected chi connectivity index (χ2v) is 5.88. The lowest BCUT2D eigenvalue weighted by Crippen LogP contribution is -2.13. The Bertz CT molecular complexity index is 308. The van der Waals surface area contributed by atoms with Crippen molar-refractivity contribution in [1.29, 1.82) is 0 Å². The molecule has 0 aliphatic carbocycles. The number of hydrogen-bond donors (Lipinski definition) is 1. The molecule has 0 aliphatic rings.